The van der Waals surface area contributed by atoms with Crippen LogP contribution >= 0.6 is 11.6 Å². The van der Waals surface area contributed by atoms with Gasteiger partial charge in [-0.1, -0.05) is 11.6 Å². The molecule has 0 aliphatic carbocycles. The van der Waals surface area contributed by atoms with E-state index in [-0.39, 0.29) is 0 Å². The molecule has 1 heterocycles. The molecule has 18 heavy (non-hydrogen) atoms. The minimum atomic E-state index is -0.420. The van der Waals surface area contributed by atoms with Gasteiger partial charge in [-0.05, 0) is 38.5 Å². The van der Waals surface area contributed by atoms with Crippen molar-refractivity contribution in [1.82, 2.24) is 0 Å². The standard InChI is InChI=1S/C14H15ClO3/c1-8-10(7-16)12(17-4)9-5-6-14(2,3)18-13(9)11(8)15/h5-7H,1-4H3. The number of hydrogen-bond acceptors (Lipinski definition) is 3. The van der Waals surface area contributed by atoms with Gasteiger partial charge in [0, 0.05) is 0 Å². The van der Waals surface area contributed by atoms with Crippen LogP contribution in [0.25, 0.3) is 6.08 Å². The first-order valence-corrected chi connectivity index (χ1v) is 6.02. The van der Waals surface area contributed by atoms with Gasteiger partial charge in [0.25, 0.3) is 0 Å². The number of benzene rings is 1. The van der Waals surface area contributed by atoms with Crippen LogP contribution in [0.5, 0.6) is 11.5 Å². The molecular formula is C14H15ClO3. The zero-order chi connectivity index (χ0) is 13.5. The van der Waals surface area contributed by atoms with Gasteiger partial charge in [0.15, 0.2) is 6.29 Å². The maximum absolute atomic E-state index is 11.2. The van der Waals surface area contributed by atoms with E-state index in [0.29, 0.717) is 27.6 Å². The van der Waals surface area contributed by atoms with E-state index < -0.39 is 5.60 Å². The Morgan fingerprint density at radius 1 is 1.44 bits per heavy atom. The van der Waals surface area contributed by atoms with Crippen LogP contribution in [-0.4, -0.2) is 19.0 Å². The Balaban J connectivity index is 2.78. The maximum atomic E-state index is 11.2. The maximum Gasteiger partial charge on any atom is 0.154 e. The molecule has 0 amide bonds. The Hall–Kier alpha value is -1.48. The average molecular weight is 267 g/mol. The molecule has 3 nitrogen and oxygen atoms in total. The molecule has 1 aromatic rings. The lowest BCUT2D eigenvalue weighted by Crippen LogP contribution is -2.28. The molecule has 0 bridgehead atoms. The lowest BCUT2D eigenvalue weighted by atomic mass is 9.97. The first-order valence-electron chi connectivity index (χ1n) is 5.64. The molecule has 0 radical (unpaired) electrons. The fourth-order valence-corrected chi connectivity index (χ4v) is 2.26. The zero-order valence-corrected chi connectivity index (χ0v) is 11.6. The fourth-order valence-electron chi connectivity index (χ4n) is 2.02. The summed E-state index contributed by atoms with van der Waals surface area (Å²) in [4.78, 5) is 11.2. The highest BCUT2D eigenvalue weighted by Crippen LogP contribution is 2.45. The van der Waals surface area contributed by atoms with E-state index in [0.717, 1.165) is 11.8 Å². The molecule has 4 heteroatoms. The quantitative estimate of drug-likeness (QED) is 0.767. The molecule has 0 unspecified atom stereocenters. The van der Waals surface area contributed by atoms with E-state index in [1.807, 2.05) is 26.0 Å². The molecule has 1 aliphatic heterocycles. The highest BCUT2D eigenvalue weighted by atomic mass is 35.5. The lowest BCUT2D eigenvalue weighted by molar-refractivity contribution is 0.111. The minimum Gasteiger partial charge on any atom is -0.495 e. The normalized spacial score (nSPS) is 15.8. The van der Waals surface area contributed by atoms with Crippen LogP contribution in [0.3, 0.4) is 0 Å². The van der Waals surface area contributed by atoms with Gasteiger partial charge in [-0.15, -0.1) is 0 Å². The summed E-state index contributed by atoms with van der Waals surface area (Å²) in [5.41, 5.74) is 1.44. The third-order valence-electron chi connectivity index (χ3n) is 3.00. The highest BCUT2D eigenvalue weighted by Gasteiger charge is 2.29. The van der Waals surface area contributed by atoms with Crippen molar-refractivity contribution < 1.29 is 14.3 Å². The largest absolute Gasteiger partial charge is 0.495 e. The number of ether oxygens (including phenoxy) is 2. The molecular weight excluding hydrogens is 252 g/mol. The van der Waals surface area contributed by atoms with E-state index in [9.17, 15) is 4.79 Å². The van der Waals surface area contributed by atoms with Crippen molar-refractivity contribution in [1.29, 1.82) is 0 Å². The van der Waals surface area contributed by atoms with Crippen LogP contribution < -0.4 is 9.47 Å². The average Bonchev–Trinajstić information content (AvgIpc) is 2.33. The van der Waals surface area contributed by atoms with Crippen molar-refractivity contribution in [3.63, 3.8) is 0 Å². The number of methoxy groups -OCH3 is 1. The second-order valence-electron chi connectivity index (χ2n) is 4.79. The van der Waals surface area contributed by atoms with Crippen molar-refractivity contribution in [3.05, 3.63) is 27.8 Å². The summed E-state index contributed by atoms with van der Waals surface area (Å²) in [6, 6.07) is 0. The van der Waals surface area contributed by atoms with Crippen LogP contribution in [0.4, 0.5) is 0 Å². The van der Waals surface area contributed by atoms with Crippen LogP contribution in [0, 0.1) is 6.92 Å². The molecule has 96 valence electrons. The molecule has 2 rings (SSSR count). The van der Waals surface area contributed by atoms with Crippen molar-refractivity contribution >= 4 is 24.0 Å². The van der Waals surface area contributed by atoms with Crippen LogP contribution in [0.15, 0.2) is 6.08 Å². The topological polar surface area (TPSA) is 35.5 Å². The lowest BCUT2D eigenvalue weighted by Gasteiger charge is -2.30. The Morgan fingerprint density at radius 2 is 2.11 bits per heavy atom. The summed E-state index contributed by atoms with van der Waals surface area (Å²) in [6.45, 7) is 5.67. The second-order valence-corrected chi connectivity index (χ2v) is 5.16. The van der Waals surface area contributed by atoms with Crippen molar-refractivity contribution in [2.75, 3.05) is 7.11 Å². The number of fused-ring (bicyclic) bond motifs is 1. The van der Waals surface area contributed by atoms with E-state index >= 15 is 0 Å². The minimum absolute atomic E-state index is 0.420. The monoisotopic (exact) mass is 266 g/mol. The molecule has 0 atom stereocenters. The number of rotatable bonds is 2. The zero-order valence-electron chi connectivity index (χ0n) is 10.8. The van der Waals surface area contributed by atoms with Gasteiger partial charge in [-0.3, -0.25) is 4.79 Å². The van der Waals surface area contributed by atoms with E-state index in [1.54, 1.807) is 6.92 Å². The van der Waals surface area contributed by atoms with Gasteiger partial charge in [-0.2, -0.15) is 0 Å². The van der Waals surface area contributed by atoms with Gasteiger partial charge in [-0.25, -0.2) is 0 Å². The molecule has 0 saturated heterocycles. The van der Waals surface area contributed by atoms with Gasteiger partial charge in [0.2, 0.25) is 0 Å². The third-order valence-corrected chi connectivity index (χ3v) is 3.46. The van der Waals surface area contributed by atoms with E-state index in [1.165, 1.54) is 7.11 Å². The van der Waals surface area contributed by atoms with E-state index in [2.05, 4.69) is 0 Å². The Bertz CT molecular complexity index is 545. The van der Waals surface area contributed by atoms with Gasteiger partial charge < -0.3 is 9.47 Å². The third kappa shape index (κ3) is 1.89. The first-order chi connectivity index (χ1) is 8.41. The SMILES string of the molecule is COc1c(C=O)c(C)c(Cl)c2c1C=CC(C)(C)O2. The Morgan fingerprint density at radius 3 is 2.67 bits per heavy atom. The highest BCUT2D eigenvalue weighted by molar-refractivity contribution is 6.33. The molecule has 0 spiro atoms. The number of carbonyl (C=O) groups is 1. The summed E-state index contributed by atoms with van der Waals surface area (Å²) in [7, 11) is 1.53. The van der Waals surface area contributed by atoms with Crippen LogP contribution in [0.1, 0.15) is 35.3 Å². The Kier molecular flexibility index (Phi) is 3.11. The smallest absolute Gasteiger partial charge is 0.154 e. The number of halogens is 1. The first kappa shape index (κ1) is 13.0. The summed E-state index contributed by atoms with van der Waals surface area (Å²) < 4.78 is 11.2. The molecule has 0 N–H and O–H groups in total. The van der Waals surface area contributed by atoms with Gasteiger partial charge >= 0.3 is 0 Å². The second kappa shape index (κ2) is 4.32. The number of hydrogen-bond donors (Lipinski definition) is 0. The molecule has 0 aromatic heterocycles. The fraction of sp³-hybridized carbons (Fsp3) is 0.357. The number of aldehydes is 1. The van der Waals surface area contributed by atoms with Crippen molar-refractivity contribution in [3.8, 4) is 11.5 Å². The van der Waals surface area contributed by atoms with Crippen molar-refractivity contribution in [2.45, 2.75) is 26.4 Å². The summed E-state index contributed by atoms with van der Waals surface area (Å²) >= 11 is 6.28. The summed E-state index contributed by atoms with van der Waals surface area (Å²) in [5.74, 6) is 1.08. The predicted octanol–water partition coefficient (Wildman–Crippen LogP) is 3.65. The molecule has 0 saturated carbocycles. The van der Waals surface area contributed by atoms with Crippen LogP contribution in [0.2, 0.25) is 5.02 Å². The summed E-state index contributed by atoms with van der Waals surface area (Å²) in [5, 5.41) is 0.463. The predicted molar refractivity (Wildman–Crippen MR) is 71.9 cm³/mol. The number of carbonyl (C=O) groups excluding carboxylic acids is 1. The van der Waals surface area contributed by atoms with Gasteiger partial charge in [0.1, 0.15) is 17.1 Å². The van der Waals surface area contributed by atoms with Crippen LogP contribution in [-0.2, 0) is 0 Å². The van der Waals surface area contributed by atoms with Crippen molar-refractivity contribution in [2.24, 2.45) is 0 Å². The molecule has 1 aliphatic rings. The van der Waals surface area contributed by atoms with E-state index in [4.69, 9.17) is 21.1 Å². The van der Waals surface area contributed by atoms with Gasteiger partial charge in [0.05, 0.1) is 23.3 Å². The Labute approximate surface area is 111 Å². The summed E-state index contributed by atoms with van der Waals surface area (Å²) in [6.07, 6.45) is 4.56. The molecule has 1 aromatic carbocycles. The molecule has 0 fully saturated rings.